The standard InChI is InChI=1S/C20H11N3O/c1-2-4-17-12(3-1)13-5-6-16-18(19(13)24-17)15-11-21-8-7-14(15)20-22-9-10-23(16)20/h1-11H. The normalized spacial score (nSPS) is 12.2. The number of hydrogen-bond acceptors (Lipinski definition) is 3. The van der Waals surface area contributed by atoms with E-state index in [0.29, 0.717) is 0 Å². The van der Waals surface area contributed by atoms with Crippen molar-refractivity contribution in [3.63, 3.8) is 0 Å². The summed E-state index contributed by atoms with van der Waals surface area (Å²) in [5, 5.41) is 5.49. The molecule has 0 aliphatic heterocycles. The Morgan fingerprint density at radius 2 is 1.79 bits per heavy atom. The maximum Gasteiger partial charge on any atom is 0.145 e. The van der Waals surface area contributed by atoms with E-state index in [9.17, 15) is 0 Å². The average Bonchev–Trinajstić information content (AvgIpc) is 3.26. The predicted molar refractivity (Wildman–Crippen MR) is 95.3 cm³/mol. The zero-order chi connectivity index (χ0) is 15.7. The van der Waals surface area contributed by atoms with Crippen LogP contribution in [0.5, 0.6) is 0 Å². The molecule has 4 heterocycles. The van der Waals surface area contributed by atoms with Gasteiger partial charge in [0.2, 0.25) is 0 Å². The Labute approximate surface area is 136 Å². The van der Waals surface area contributed by atoms with E-state index < -0.39 is 0 Å². The maximum atomic E-state index is 6.24. The summed E-state index contributed by atoms with van der Waals surface area (Å²) < 4.78 is 8.35. The summed E-state index contributed by atoms with van der Waals surface area (Å²) in [7, 11) is 0. The number of hydrogen-bond donors (Lipinski definition) is 0. The van der Waals surface area contributed by atoms with Crippen LogP contribution in [0.2, 0.25) is 0 Å². The van der Waals surface area contributed by atoms with Gasteiger partial charge in [0.25, 0.3) is 0 Å². The van der Waals surface area contributed by atoms with E-state index in [2.05, 4.69) is 32.6 Å². The molecule has 0 amide bonds. The molecule has 0 unspecified atom stereocenters. The van der Waals surface area contributed by atoms with Gasteiger partial charge >= 0.3 is 0 Å². The van der Waals surface area contributed by atoms with E-state index in [1.54, 1.807) is 0 Å². The molecule has 2 aromatic carbocycles. The van der Waals surface area contributed by atoms with Crippen molar-refractivity contribution in [2.45, 2.75) is 0 Å². The first-order chi connectivity index (χ1) is 11.9. The second kappa shape index (κ2) is 4.11. The number of benzene rings is 2. The van der Waals surface area contributed by atoms with Crippen LogP contribution >= 0.6 is 0 Å². The highest BCUT2D eigenvalue weighted by molar-refractivity contribution is 6.23. The van der Waals surface area contributed by atoms with Gasteiger partial charge in [-0.15, -0.1) is 0 Å². The molecule has 0 saturated carbocycles. The van der Waals surface area contributed by atoms with Crippen LogP contribution in [0.1, 0.15) is 0 Å². The summed E-state index contributed by atoms with van der Waals surface area (Å²) in [6, 6.07) is 14.4. The molecule has 0 atom stereocenters. The summed E-state index contributed by atoms with van der Waals surface area (Å²) in [6.07, 6.45) is 7.53. The summed E-state index contributed by atoms with van der Waals surface area (Å²) in [5.74, 6) is 0. The predicted octanol–water partition coefficient (Wildman–Crippen LogP) is 4.94. The van der Waals surface area contributed by atoms with E-state index in [1.807, 2.05) is 49.1 Å². The minimum atomic E-state index is 0.905. The van der Waals surface area contributed by atoms with E-state index >= 15 is 0 Å². The van der Waals surface area contributed by atoms with Crippen LogP contribution in [-0.4, -0.2) is 14.4 Å². The number of aromatic nitrogens is 3. The van der Waals surface area contributed by atoms with Gasteiger partial charge in [0.05, 0.1) is 10.9 Å². The van der Waals surface area contributed by atoms with Gasteiger partial charge in [-0.25, -0.2) is 4.98 Å². The van der Waals surface area contributed by atoms with Crippen molar-refractivity contribution >= 4 is 49.3 Å². The van der Waals surface area contributed by atoms with E-state index in [1.165, 1.54) is 0 Å². The molecular weight excluding hydrogens is 298 g/mol. The Morgan fingerprint density at radius 1 is 0.833 bits per heavy atom. The van der Waals surface area contributed by atoms with Crippen LogP contribution < -0.4 is 0 Å². The van der Waals surface area contributed by atoms with Gasteiger partial charge in [0.1, 0.15) is 16.8 Å². The zero-order valence-corrected chi connectivity index (χ0v) is 12.6. The zero-order valence-electron chi connectivity index (χ0n) is 12.6. The maximum absolute atomic E-state index is 6.24. The second-order valence-electron chi connectivity index (χ2n) is 5.98. The van der Waals surface area contributed by atoms with E-state index in [4.69, 9.17) is 4.42 Å². The smallest absolute Gasteiger partial charge is 0.145 e. The first-order valence-electron chi connectivity index (χ1n) is 7.84. The third kappa shape index (κ3) is 1.34. The molecular formula is C20H11N3O. The van der Waals surface area contributed by atoms with E-state index in [-0.39, 0.29) is 0 Å². The third-order valence-corrected chi connectivity index (χ3v) is 4.76. The lowest BCUT2D eigenvalue weighted by Gasteiger charge is -2.08. The number of pyridine rings is 2. The first kappa shape index (κ1) is 12.1. The van der Waals surface area contributed by atoms with Gasteiger partial charge < -0.3 is 4.42 Å². The summed E-state index contributed by atoms with van der Waals surface area (Å²) >= 11 is 0. The fraction of sp³-hybridized carbons (Fsp3) is 0. The SMILES string of the molecule is c1ccc2c(c1)oc1c2ccc2c1c1cnccc1c1nccn21. The molecule has 0 saturated heterocycles. The Bertz CT molecular complexity index is 1410. The largest absolute Gasteiger partial charge is 0.455 e. The highest BCUT2D eigenvalue weighted by Crippen LogP contribution is 2.38. The minimum absolute atomic E-state index is 0.905. The van der Waals surface area contributed by atoms with Crippen LogP contribution in [0.15, 0.2) is 71.7 Å². The Balaban J connectivity index is 2.03. The Hall–Kier alpha value is -3.40. The average molecular weight is 309 g/mol. The van der Waals surface area contributed by atoms with Crippen LogP contribution in [0.3, 0.4) is 0 Å². The molecule has 0 spiro atoms. The van der Waals surface area contributed by atoms with Crippen molar-refractivity contribution in [1.29, 1.82) is 0 Å². The quantitative estimate of drug-likeness (QED) is 0.373. The summed E-state index contributed by atoms with van der Waals surface area (Å²) in [5.41, 5.74) is 3.83. The molecule has 6 aromatic rings. The van der Waals surface area contributed by atoms with Crippen molar-refractivity contribution in [1.82, 2.24) is 14.4 Å². The van der Waals surface area contributed by atoms with Crippen molar-refractivity contribution in [3.8, 4) is 0 Å². The van der Waals surface area contributed by atoms with Gasteiger partial charge in [-0.3, -0.25) is 9.38 Å². The molecule has 0 aliphatic rings. The molecule has 112 valence electrons. The molecule has 6 rings (SSSR count). The molecule has 0 radical (unpaired) electrons. The van der Waals surface area contributed by atoms with Crippen molar-refractivity contribution < 1.29 is 4.42 Å². The highest BCUT2D eigenvalue weighted by atomic mass is 16.3. The molecule has 0 aliphatic carbocycles. The van der Waals surface area contributed by atoms with E-state index in [0.717, 1.165) is 49.3 Å². The lowest BCUT2D eigenvalue weighted by Crippen LogP contribution is -1.91. The molecule has 4 aromatic heterocycles. The lowest BCUT2D eigenvalue weighted by molar-refractivity contribution is 0.673. The van der Waals surface area contributed by atoms with Crippen molar-refractivity contribution in [2.24, 2.45) is 0 Å². The van der Waals surface area contributed by atoms with Crippen LogP contribution in [0.4, 0.5) is 0 Å². The monoisotopic (exact) mass is 309 g/mol. The lowest BCUT2D eigenvalue weighted by atomic mass is 10.0. The van der Waals surface area contributed by atoms with Crippen LogP contribution in [-0.2, 0) is 0 Å². The number of furan rings is 1. The van der Waals surface area contributed by atoms with Crippen LogP contribution in [0.25, 0.3) is 49.3 Å². The Morgan fingerprint density at radius 3 is 2.79 bits per heavy atom. The van der Waals surface area contributed by atoms with Crippen LogP contribution in [0, 0.1) is 0 Å². The molecule has 0 N–H and O–H groups in total. The number of fused-ring (bicyclic) bond motifs is 10. The van der Waals surface area contributed by atoms with Gasteiger partial charge in [0.15, 0.2) is 0 Å². The first-order valence-corrected chi connectivity index (χ1v) is 7.84. The minimum Gasteiger partial charge on any atom is -0.455 e. The number of para-hydroxylation sites is 1. The van der Waals surface area contributed by atoms with Crippen molar-refractivity contribution in [3.05, 3.63) is 67.3 Å². The highest BCUT2D eigenvalue weighted by Gasteiger charge is 2.16. The fourth-order valence-electron chi connectivity index (χ4n) is 3.73. The topological polar surface area (TPSA) is 43.3 Å². The number of imidazole rings is 1. The molecule has 4 heteroatoms. The second-order valence-corrected chi connectivity index (χ2v) is 5.98. The Kier molecular flexibility index (Phi) is 2.07. The third-order valence-electron chi connectivity index (χ3n) is 4.76. The summed E-state index contributed by atoms with van der Waals surface area (Å²) in [4.78, 5) is 8.86. The number of nitrogens with zero attached hydrogens (tertiary/aromatic N) is 3. The fourth-order valence-corrected chi connectivity index (χ4v) is 3.73. The van der Waals surface area contributed by atoms with Crippen molar-refractivity contribution in [2.75, 3.05) is 0 Å². The molecule has 4 nitrogen and oxygen atoms in total. The number of rotatable bonds is 0. The molecule has 0 fully saturated rings. The molecule has 0 bridgehead atoms. The van der Waals surface area contributed by atoms with Gasteiger partial charge in [-0.2, -0.15) is 0 Å². The van der Waals surface area contributed by atoms with Gasteiger partial charge in [0, 0.05) is 46.3 Å². The molecule has 24 heavy (non-hydrogen) atoms. The summed E-state index contributed by atoms with van der Waals surface area (Å²) in [6.45, 7) is 0. The van der Waals surface area contributed by atoms with Gasteiger partial charge in [-0.1, -0.05) is 18.2 Å². The van der Waals surface area contributed by atoms with Gasteiger partial charge in [-0.05, 0) is 24.3 Å².